The molecular weight excluding hydrogens is 449 g/mol. The van der Waals surface area contributed by atoms with Crippen LogP contribution in [0.1, 0.15) is 35.7 Å². The number of Topliss-reactive ketones (excluding diaryl/α,β-unsaturated/α-hetero) is 1. The average molecular weight is 472 g/mol. The highest BCUT2D eigenvalue weighted by molar-refractivity contribution is 6.30. The fraction of sp³-hybridized carbons (Fsp3) is 0.292. The second-order valence-electron chi connectivity index (χ2n) is 8.10. The molecule has 33 heavy (non-hydrogen) atoms. The van der Waals surface area contributed by atoms with Gasteiger partial charge in [0.1, 0.15) is 24.2 Å². The summed E-state index contributed by atoms with van der Waals surface area (Å²) in [6.07, 6.45) is 2.78. The molecule has 0 spiro atoms. The van der Waals surface area contributed by atoms with Crippen molar-refractivity contribution >= 4 is 40.1 Å². The first-order chi connectivity index (χ1) is 15.8. The van der Waals surface area contributed by atoms with Gasteiger partial charge in [-0.1, -0.05) is 23.7 Å². The number of fused-ring (bicyclic) bond motifs is 1. The molecule has 1 unspecified atom stereocenters. The van der Waals surface area contributed by atoms with Crippen molar-refractivity contribution in [1.29, 1.82) is 0 Å². The molecule has 4 rings (SSSR count). The van der Waals surface area contributed by atoms with E-state index in [2.05, 4.69) is 5.32 Å². The summed E-state index contributed by atoms with van der Waals surface area (Å²) >= 11 is 5.79. The van der Waals surface area contributed by atoms with E-state index < -0.39 is 11.9 Å². The molecule has 1 fully saturated rings. The summed E-state index contributed by atoms with van der Waals surface area (Å²) in [6, 6.07) is 8.57. The van der Waals surface area contributed by atoms with Gasteiger partial charge in [0.25, 0.3) is 0 Å². The first-order valence-electron chi connectivity index (χ1n) is 10.6. The van der Waals surface area contributed by atoms with Crippen LogP contribution in [0, 0.1) is 5.82 Å². The molecule has 7 nitrogen and oxygen atoms in total. The standard InChI is InChI=1S/C24H23ClFN3O4/c1-14(30)18-12-28(20-8-7-16(31)10-17(18)20)13-22(32)29-9-3-6-21(29)24(33)27-11-15-4-2-5-19(25)23(15)26/h2,4-5,7-8,10,12,21,31H,3,6,9,11,13H2,1H3,(H,27,33). The van der Waals surface area contributed by atoms with Gasteiger partial charge < -0.3 is 19.9 Å². The van der Waals surface area contributed by atoms with Crippen molar-refractivity contribution in [2.45, 2.75) is 38.9 Å². The van der Waals surface area contributed by atoms with Crippen molar-refractivity contribution in [3.05, 3.63) is 64.6 Å². The van der Waals surface area contributed by atoms with Crippen LogP contribution in [-0.4, -0.2) is 44.8 Å². The number of hydrogen-bond donors (Lipinski definition) is 2. The number of phenolic OH excluding ortho intramolecular Hbond substituents is 1. The van der Waals surface area contributed by atoms with Gasteiger partial charge in [0.05, 0.1) is 5.02 Å². The van der Waals surface area contributed by atoms with Crippen LogP contribution in [-0.2, 0) is 22.7 Å². The number of nitrogens with one attached hydrogen (secondary N) is 1. The highest BCUT2D eigenvalue weighted by Crippen LogP contribution is 2.27. The number of halogens is 2. The van der Waals surface area contributed by atoms with Crippen molar-refractivity contribution in [3.8, 4) is 5.75 Å². The molecule has 1 aliphatic rings. The Bertz CT molecular complexity index is 1260. The zero-order valence-corrected chi connectivity index (χ0v) is 18.7. The quantitative estimate of drug-likeness (QED) is 0.537. The summed E-state index contributed by atoms with van der Waals surface area (Å²) in [7, 11) is 0. The zero-order chi connectivity index (χ0) is 23.7. The number of aromatic nitrogens is 1. The van der Waals surface area contributed by atoms with Gasteiger partial charge in [-0.15, -0.1) is 0 Å². The molecule has 2 heterocycles. The number of hydrogen-bond acceptors (Lipinski definition) is 4. The first-order valence-corrected chi connectivity index (χ1v) is 11.0. The number of benzene rings is 2. The Labute approximate surface area is 194 Å². The molecule has 172 valence electrons. The molecule has 3 aromatic rings. The van der Waals surface area contributed by atoms with E-state index in [0.29, 0.717) is 35.9 Å². The third kappa shape index (κ3) is 4.57. The number of nitrogens with zero attached hydrogens (tertiary/aromatic N) is 2. The van der Waals surface area contributed by atoms with Crippen molar-refractivity contribution in [2.75, 3.05) is 6.54 Å². The Morgan fingerprint density at radius 2 is 2.03 bits per heavy atom. The maximum absolute atomic E-state index is 14.1. The Balaban J connectivity index is 1.49. The fourth-order valence-electron chi connectivity index (χ4n) is 4.26. The zero-order valence-electron chi connectivity index (χ0n) is 18.0. The maximum atomic E-state index is 14.1. The Kier molecular flexibility index (Phi) is 6.37. The van der Waals surface area contributed by atoms with Gasteiger partial charge in [0.2, 0.25) is 11.8 Å². The van der Waals surface area contributed by atoms with Crippen LogP contribution in [0.5, 0.6) is 5.75 Å². The van der Waals surface area contributed by atoms with Crippen LogP contribution in [0.3, 0.4) is 0 Å². The molecule has 1 atom stereocenters. The summed E-state index contributed by atoms with van der Waals surface area (Å²) in [5.41, 5.74) is 1.32. The van der Waals surface area contributed by atoms with Crippen molar-refractivity contribution < 1.29 is 23.9 Å². The van der Waals surface area contributed by atoms with Crippen molar-refractivity contribution in [3.63, 3.8) is 0 Å². The number of phenols is 1. The topological polar surface area (TPSA) is 91.6 Å². The van der Waals surface area contributed by atoms with Gasteiger partial charge in [-0.05, 0) is 44.0 Å². The molecule has 9 heteroatoms. The number of amides is 2. The highest BCUT2D eigenvalue weighted by atomic mass is 35.5. The molecule has 1 aromatic heterocycles. The van der Waals surface area contributed by atoms with Crippen LogP contribution in [0.15, 0.2) is 42.6 Å². The van der Waals surface area contributed by atoms with Gasteiger partial charge in [0, 0.05) is 41.3 Å². The molecule has 0 bridgehead atoms. The van der Waals surface area contributed by atoms with E-state index in [1.54, 1.807) is 29.0 Å². The van der Waals surface area contributed by atoms with Crippen LogP contribution in [0.2, 0.25) is 5.02 Å². The first kappa shape index (κ1) is 22.8. The van der Waals surface area contributed by atoms with E-state index in [9.17, 15) is 23.9 Å². The molecule has 0 saturated carbocycles. The number of carbonyl (C=O) groups excluding carboxylic acids is 3. The molecule has 2 N–H and O–H groups in total. The van der Waals surface area contributed by atoms with E-state index in [-0.39, 0.29) is 47.0 Å². The predicted molar refractivity (Wildman–Crippen MR) is 122 cm³/mol. The van der Waals surface area contributed by atoms with E-state index in [4.69, 9.17) is 11.6 Å². The average Bonchev–Trinajstić information content (AvgIpc) is 3.40. The second kappa shape index (κ2) is 9.23. The van der Waals surface area contributed by atoms with Gasteiger partial charge in [-0.3, -0.25) is 14.4 Å². The van der Waals surface area contributed by atoms with Gasteiger partial charge >= 0.3 is 0 Å². The molecule has 2 aromatic carbocycles. The number of likely N-dealkylation sites (tertiary alicyclic amines) is 1. The molecule has 0 radical (unpaired) electrons. The van der Waals surface area contributed by atoms with Crippen LogP contribution >= 0.6 is 11.6 Å². The largest absolute Gasteiger partial charge is 0.508 e. The SMILES string of the molecule is CC(=O)c1cn(CC(=O)N2CCCC2C(=O)NCc2cccc(Cl)c2F)c2ccc(O)cc12. The lowest BCUT2D eigenvalue weighted by Gasteiger charge is -2.24. The van der Waals surface area contributed by atoms with Gasteiger partial charge in [-0.2, -0.15) is 0 Å². The van der Waals surface area contributed by atoms with Crippen molar-refractivity contribution in [1.82, 2.24) is 14.8 Å². The van der Waals surface area contributed by atoms with Crippen LogP contribution in [0.25, 0.3) is 10.9 Å². The fourth-order valence-corrected chi connectivity index (χ4v) is 4.45. The van der Waals surface area contributed by atoms with Crippen molar-refractivity contribution in [2.24, 2.45) is 0 Å². The summed E-state index contributed by atoms with van der Waals surface area (Å²) in [4.78, 5) is 39.4. The monoisotopic (exact) mass is 471 g/mol. The third-order valence-corrected chi connectivity index (χ3v) is 6.20. The highest BCUT2D eigenvalue weighted by Gasteiger charge is 2.34. The molecule has 2 amide bonds. The van der Waals surface area contributed by atoms with Crippen LogP contribution in [0.4, 0.5) is 4.39 Å². The Morgan fingerprint density at radius 1 is 1.24 bits per heavy atom. The third-order valence-electron chi connectivity index (χ3n) is 5.91. The Hall–Kier alpha value is -3.39. The number of ketones is 1. The van der Waals surface area contributed by atoms with E-state index >= 15 is 0 Å². The minimum Gasteiger partial charge on any atom is -0.508 e. The minimum atomic E-state index is -0.655. The lowest BCUT2D eigenvalue weighted by molar-refractivity contribution is -0.138. The van der Waals surface area contributed by atoms with E-state index in [1.165, 1.54) is 30.0 Å². The second-order valence-corrected chi connectivity index (χ2v) is 8.51. The molecule has 0 aliphatic carbocycles. The summed E-state index contributed by atoms with van der Waals surface area (Å²) in [5.74, 6) is -1.34. The summed E-state index contributed by atoms with van der Waals surface area (Å²) < 4.78 is 15.8. The normalized spacial score (nSPS) is 15.7. The summed E-state index contributed by atoms with van der Waals surface area (Å²) in [6.45, 7) is 1.77. The van der Waals surface area contributed by atoms with E-state index in [0.717, 1.165) is 0 Å². The minimum absolute atomic E-state index is 0.0170. The smallest absolute Gasteiger partial charge is 0.243 e. The molecule has 1 aliphatic heterocycles. The number of rotatable bonds is 6. The van der Waals surface area contributed by atoms with Crippen LogP contribution < -0.4 is 5.32 Å². The molecular formula is C24H23ClFN3O4. The van der Waals surface area contributed by atoms with Gasteiger partial charge in [0.15, 0.2) is 5.78 Å². The number of carbonyl (C=O) groups is 3. The number of aromatic hydroxyl groups is 1. The maximum Gasteiger partial charge on any atom is 0.243 e. The lowest BCUT2D eigenvalue weighted by Crippen LogP contribution is -2.46. The summed E-state index contributed by atoms with van der Waals surface area (Å²) in [5, 5.41) is 13.0. The van der Waals surface area contributed by atoms with Gasteiger partial charge in [-0.25, -0.2) is 4.39 Å². The lowest BCUT2D eigenvalue weighted by atomic mass is 10.1. The Morgan fingerprint density at radius 3 is 2.79 bits per heavy atom. The molecule has 1 saturated heterocycles. The van der Waals surface area contributed by atoms with E-state index in [1.807, 2.05) is 0 Å². The predicted octanol–water partition coefficient (Wildman–Crippen LogP) is 3.65.